The summed E-state index contributed by atoms with van der Waals surface area (Å²) < 4.78 is 28.7. The van der Waals surface area contributed by atoms with Crippen LogP contribution < -0.4 is 4.74 Å². The summed E-state index contributed by atoms with van der Waals surface area (Å²) in [5, 5.41) is 10.5. The first kappa shape index (κ1) is 13.4. The van der Waals surface area contributed by atoms with E-state index in [1.807, 2.05) is 13.0 Å². The standard InChI is InChI=1S/C13H18O4S/c1-2-8-17-12-6-4-3-5-11(12)13(14)7-9-18(15,16)10-13/h3-6,14H,2,7-10H2,1H3. The van der Waals surface area contributed by atoms with E-state index in [0.717, 1.165) is 6.42 Å². The van der Waals surface area contributed by atoms with Gasteiger partial charge in [-0.25, -0.2) is 8.42 Å². The molecule has 100 valence electrons. The Morgan fingerprint density at radius 1 is 1.39 bits per heavy atom. The van der Waals surface area contributed by atoms with Gasteiger partial charge in [-0.15, -0.1) is 0 Å². The Kier molecular flexibility index (Phi) is 3.64. The molecule has 1 atom stereocenters. The molecule has 5 heteroatoms. The van der Waals surface area contributed by atoms with Crippen molar-refractivity contribution in [1.29, 1.82) is 0 Å². The van der Waals surface area contributed by atoms with Crippen molar-refractivity contribution in [2.45, 2.75) is 25.4 Å². The lowest BCUT2D eigenvalue weighted by molar-refractivity contribution is 0.0617. The van der Waals surface area contributed by atoms with Gasteiger partial charge in [0.2, 0.25) is 0 Å². The van der Waals surface area contributed by atoms with Crippen molar-refractivity contribution in [3.63, 3.8) is 0 Å². The van der Waals surface area contributed by atoms with Gasteiger partial charge in [-0.1, -0.05) is 25.1 Å². The minimum atomic E-state index is -3.14. The van der Waals surface area contributed by atoms with Gasteiger partial charge in [0.25, 0.3) is 0 Å². The summed E-state index contributed by atoms with van der Waals surface area (Å²) in [5.41, 5.74) is -0.720. The number of hydrogen-bond acceptors (Lipinski definition) is 4. The SMILES string of the molecule is CCCOc1ccccc1C1(O)CCS(=O)(=O)C1. The van der Waals surface area contributed by atoms with Crippen LogP contribution in [0, 0.1) is 0 Å². The van der Waals surface area contributed by atoms with Gasteiger partial charge in [-0.2, -0.15) is 0 Å². The van der Waals surface area contributed by atoms with E-state index in [4.69, 9.17) is 4.74 Å². The molecule has 1 N–H and O–H groups in total. The lowest BCUT2D eigenvalue weighted by atomic mass is 9.92. The van der Waals surface area contributed by atoms with Crippen LogP contribution in [0.1, 0.15) is 25.3 Å². The third-order valence-electron chi connectivity index (χ3n) is 3.14. The molecule has 0 aromatic heterocycles. The first-order valence-electron chi connectivity index (χ1n) is 6.12. The molecular formula is C13H18O4S. The van der Waals surface area contributed by atoms with E-state index in [1.165, 1.54) is 0 Å². The monoisotopic (exact) mass is 270 g/mol. The Balaban J connectivity index is 2.33. The predicted molar refractivity (Wildman–Crippen MR) is 69.4 cm³/mol. The number of aliphatic hydroxyl groups is 1. The van der Waals surface area contributed by atoms with Crippen molar-refractivity contribution >= 4 is 9.84 Å². The van der Waals surface area contributed by atoms with Gasteiger partial charge in [0.1, 0.15) is 11.4 Å². The first-order valence-corrected chi connectivity index (χ1v) is 7.94. The summed E-state index contributed by atoms with van der Waals surface area (Å²) in [6.45, 7) is 2.55. The maximum atomic E-state index is 11.5. The second-order valence-electron chi connectivity index (χ2n) is 4.72. The van der Waals surface area contributed by atoms with Crippen LogP contribution in [0.4, 0.5) is 0 Å². The van der Waals surface area contributed by atoms with Gasteiger partial charge in [0.15, 0.2) is 9.84 Å². The Hall–Kier alpha value is -1.07. The zero-order chi connectivity index (χ0) is 13.2. The van der Waals surface area contributed by atoms with E-state index in [1.54, 1.807) is 18.2 Å². The van der Waals surface area contributed by atoms with Crippen LogP contribution >= 0.6 is 0 Å². The fraction of sp³-hybridized carbons (Fsp3) is 0.538. The molecule has 1 heterocycles. The number of sulfone groups is 1. The van der Waals surface area contributed by atoms with Crippen LogP contribution in [0.15, 0.2) is 24.3 Å². The molecule has 0 bridgehead atoms. The van der Waals surface area contributed by atoms with E-state index < -0.39 is 15.4 Å². The van der Waals surface area contributed by atoms with Crippen molar-refractivity contribution in [2.75, 3.05) is 18.1 Å². The maximum absolute atomic E-state index is 11.5. The minimum absolute atomic E-state index is 0.0333. The van der Waals surface area contributed by atoms with Crippen LogP contribution in [0.3, 0.4) is 0 Å². The van der Waals surface area contributed by atoms with Crippen LogP contribution in [0.5, 0.6) is 5.75 Å². The molecule has 0 saturated carbocycles. The van der Waals surface area contributed by atoms with Gasteiger partial charge in [-0.05, 0) is 18.9 Å². The molecule has 1 aromatic rings. The highest BCUT2D eigenvalue weighted by Crippen LogP contribution is 2.38. The predicted octanol–water partition coefficient (Wildman–Crippen LogP) is 1.48. The summed E-state index contributed by atoms with van der Waals surface area (Å²) in [4.78, 5) is 0. The average Bonchev–Trinajstić information content (AvgIpc) is 2.62. The van der Waals surface area contributed by atoms with Crippen LogP contribution in [0.2, 0.25) is 0 Å². The molecule has 0 aliphatic carbocycles. The number of rotatable bonds is 4. The molecule has 1 fully saturated rings. The molecular weight excluding hydrogens is 252 g/mol. The number of benzene rings is 1. The van der Waals surface area contributed by atoms with E-state index >= 15 is 0 Å². The molecule has 0 spiro atoms. The van der Waals surface area contributed by atoms with Crippen molar-refractivity contribution < 1.29 is 18.3 Å². The minimum Gasteiger partial charge on any atom is -0.493 e. The highest BCUT2D eigenvalue weighted by Gasteiger charge is 2.43. The van der Waals surface area contributed by atoms with Gasteiger partial charge in [-0.3, -0.25) is 0 Å². The quantitative estimate of drug-likeness (QED) is 0.900. The Labute approximate surface area is 108 Å². The van der Waals surface area contributed by atoms with E-state index in [9.17, 15) is 13.5 Å². The number of ether oxygens (including phenoxy) is 1. The van der Waals surface area contributed by atoms with Gasteiger partial charge in [0, 0.05) is 5.56 Å². The van der Waals surface area contributed by atoms with Crippen molar-refractivity contribution in [3.8, 4) is 5.75 Å². The van der Waals surface area contributed by atoms with Crippen LogP contribution in [-0.4, -0.2) is 31.6 Å². The molecule has 0 amide bonds. The fourth-order valence-electron chi connectivity index (χ4n) is 2.23. The number of hydrogen-bond donors (Lipinski definition) is 1. The molecule has 0 radical (unpaired) electrons. The van der Waals surface area contributed by atoms with Gasteiger partial charge < -0.3 is 9.84 Å². The largest absolute Gasteiger partial charge is 0.493 e. The summed E-state index contributed by atoms with van der Waals surface area (Å²) in [5.74, 6) is 0.400. The lowest BCUT2D eigenvalue weighted by Crippen LogP contribution is -2.27. The van der Waals surface area contributed by atoms with Crippen molar-refractivity contribution in [3.05, 3.63) is 29.8 Å². The van der Waals surface area contributed by atoms with Crippen molar-refractivity contribution in [2.24, 2.45) is 0 Å². The van der Waals surface area contributed by atoms with Crippen molar-refractivity contribution in [1.82, 2.24) is 0 Å². The van der Waals surface area contributed by atoms with Gasteiger partial charge >= 0.3 is 0 Å². The fourth-order valence-corrected chi connectivity index (χ4v) is 4.05. The Morgan fingerprint density at radius 2 is 2.11 bits per heavy atom. The summed E-state index contributed by atoms with van der Waals surface area (Å²) in [6.07, 6.45) is 1.10. The third-order valence-corrected chi connectivity index (χ3v) is 4.88. The topological polar surface area (TPSA) is 63.6 Å². The van der Waals surface area contributed by atoms with E-state index in [2.05, 4.69) is 0 Å². The molecule has 2 rings (SSSR count). The zero-order valence-electron chi connectivity index (χ0n) is 10.4. The summed E-state index contributed by atoms with van der Waals surface area (Å²) >= 11 is 0. The zero-order valence-corrected chi connectivity index (χ0v) is 11.2. The molecule has 1 aliphatic heterocycles. The Morgan fingerprint density at radius 3 is 2.72 bits per heavy atom. The first-order chi connectivity index (χ1) is 8.47. The van der Waals surface area contributed by atoms with Crippen LogP contribution in [-0.2, 0) is 15.4 Å². The maximum Gasteiger partial charge on any atom is 0.153 e. The van der Waals surface area contributed by atoms with Gasteiger partial charge in [0.05, 0.1) is 18.1 Å². The second kappa shape index (κ2) is 4.90. The smallest absolute Gasteiger partial charge is 0.153 e. The summed E-state index contributed by atoms with van der Waals surface area (Å²) in [7, 11) is -3.14. The lowest BCUT2D eigenvalue weighted by Gasteiger charge is -2.24. The third kappa shape index (κ3) is 2.67. The Bertz CT molecular complexity index is 524. The van der Waals surface area contributed by atoms with Crippen LogP contribution in [0.25, 0.3) is 0 Å². The molecule has 4 nitrogen and oxygen atoms in total. The van der Waals surface area contributed by atoms with E-state index in [-0.39, 0.29) is 17.9 Å². The highest BCUT2D eigenvalue weighted by molar-refractivity contribution is 7.91. The molecule has 1 aromatic carbocycles. The summed E-state index contributed by atoms with van der Waals surface area (Å²) in [6, 6.07) is 7.12. The second-order valence-corrected chi connectivity index (χ2v) is 6.90. The molecule has 1 aliphatic rings. The normalized spacial score (nSPS) is 26.1. The molecule has 1 saturated heterocycles. The molecule has 1 unspecified atom stereocenters. The molecule has 18 heavy (non-hydrogen) atoms. The number of para-hydroxylation sites is 1. The average molecular weight is 270 g/mol. The van der Waals surface area contributed by atoms with E-state index in [0.29, 0.717) is 17.9 Å². The highest BCUT2D eigenvalue weighted by atomic mass is 32.2.